The van der Waals surface area contributed by atoms with Gasteiger partial charge in [-0.1, -0.05) is 16.4 Å². The third-order valence-corrected chi connectivity index (χ3v) is 4.36. The minimum absolute atomic E-state index is 0.157. The smallest absolute Gasteiger partial charge is 0.244 e. The molecule has 0 aliphatic rings. The molecule has 0 bridgehead atoms. The van der Waals surface area contributed by atoms with E-state index in [1.165, 1.54) is 0 Å². The monoisotopic (exact) mass is 347 g/mol. The van der Waals surface area contributed by atoms with E-state index in [9.17, 15) is 4.79 Å². The molecule has 0 unspecified atom stereocenters. The number of nitrogens with zero attached hydrogens (tertiary/aromatic N) is 4. The predicted octanol–water partition coefficient (Wildman–Crippen LogP) is 2.73. The average Bonchev–Trinajstić information content (AvgIpc) is 3.27. The van der Waals surface area contributed by atoms with Gasteiger partial charge in [-0.3, -0.25) is 9.69 Å². The number of amides is 1. The third-order valence-electron chi connectivity index (χ3n) is 3.49. The zero-order chi connectivity index (χ0) is 17.1. The second-order valence-corrected chi connectivity index (χ2v) is 6.34. The summed E-state index contributed by atoms with van der Waals surface area (Å²) in [7, 11) is 1.81. The maximum atomic E-state index is 12.1. The highest BCUT2D eigenvalue weighted by Crippen LogP contribution is 2.24. The number of rotatable bonds is 6. The molecule has 126 valence electrons. The molecule has 9 heteroatoms. The van der Waals surface area contributed by atoms with E-state index >= 15 is 0 Å². The van der Waals surface area contributed by atoms with E-state index in [0.717, 1.165) is 4.88 Å². The van der Waals surface area contributed by atoms with Crippen LogP contribution in [-0.4, -0.2) is 39.7 Å². The number of aromatic nitrogens is 3. The quantitative estimate of drug-likeness (QED) is 0.732. The summed E-state index contributed by atoms with van der Waals surface area (Å²) in [5.74, 6) is 1.86. The third kappa shape index (κ3) is 3.69. The van der Waals surface area contributed by atoms with Gasteiger partial charge in [-0.15, -0.1) is 11.3 Å². The van der Waals surface area contributed by atoms with Crippen LogP contribution in [-0.2, 0) is 4.79 Å². The summed E-state index contributed by atoms with van der Waals surface area (Å²) >= 11 is 1.54. The fourth-order valence-corrected chi connectivity index (χ4v) is 2.72. The van der Waals surface area contributed by atoms with Gasteiger partial charge in [0.05, 0.1) is 17.5 Å². The summed E-state index contributed by atoms with van der Waals surface area (Å²) in [6.07, 6.45) is 0. The molecule has 8 nitrogen and oxygen atoms in total. The number of carbonyl (C=O) groups excluding carboxylic acids is 1. The zero-order valence-electron chi connectivity index (χ0n) is 13.5. The highest BCUT2D eigenvalue weighted by molar-refractivity contribution is 7.13. The van der Waals surface area contributed by atoms with Gasteiger partial charge in [0.1, 0.15) is 5.76 Å². The minimum Gasteiger partial charge on any atom is -0.360 e. The van der Waals surface area contributed by atoms with Crippen LogP contribution in [0.2, 0.25) is 0 Å². The van der Waals surface area contributed by atoms with E-state index in [1.54, 1.807) is 24.3 Å². The SMILES string of the molecule is Cc1cc(NC(=O)CN(C)[C@H](C)c2nc(-c3cccs3)no2)no1. The first-order chi connectivity index (χ1) is 11.5. The van der Waals surface area contributed by atoms with Gasteiger partial charge in [0.2, 0.25) is 17.6 Å². The number of carbonyl (C=O) groups is 1. The molecule has 0 saturated heterocycles. The van der Waals surface area contributed by atoms with Crippen LogP contribution < -0.4 is 5.32 Å². The van der Waals surface area contributed by atoms with Crippen molar-refractivity contribution in [2.24, 2.45) is 0 Å². The molecule has 0 aliphatic heterocycles. The summed E-state index contributed by atoms with van der Waals surface area (Å²) in [6.45, 7) is 3.82. The lowest BCUT2D eigenvalue weighted by molar-refractivity contribution is -0.117. The summed E-state index contributed by atoms with van der Waals surface area (Å²) < 4.78 is 10.2. The molecule has 3 heterocycles. The maximum Gasteiger partial charge on any atom is 0.244 e. The van der Waals surface area contributed by atoms with E-state index < -0.39 is 0 Å². The summed E-state index contributed by atoms with van der Waals surface area (Å²) in [5.41, 5.74) is 0. The average molecular weight is 347 g/mol. The van der Waals surface area contributed by atoms with Crippen molar-refractivity contribution in [3.63, 3.8) is 0 Å². The second kappa shape index (κ2) is 6.93. The second-order valence-electron chi connectivity index (χ2n) is 5.40. The Balaban J connectivity index is 1.60. The van der Waals surface area contributed by atoms with Gasteiger partial charge in [-0.25, -0.2) is 0 Å². The Morgan fingerprint density at radius 3 is 2.92 bits per heavy atom. The Bertz CT molecular complexity index is 811. The Hall–Kier alpha value is -2.52. The van der Waals surface area contributed by atoms with Crippen LogP contribution in [0.1, 0.15) is 24.6 Å². The van der Waals surface area contributed by atoms with Crippen molar-refractivity contribution in [2.45, 2.75) is 19.9 Å². The Morgan fingerprint density at radius 2 is 2.25 bits per heavy atom. The first-order valence-electron chi connectivity index (χ1n) is 7.34. The van der Waals surface area contributed by atoms with Crippen molar-refractivity contribution in [1.29, 1.82) is 0 Å². The number of likely N-dealkylation sites (N-methyl/N-ethyl adjacent to an activating group) is 1. The van der Waals surface area contributed by atoms with Crippen LogP contribution in [0.15, 0.2) is 32.6 Å². The molecule has 3 rings (SSSR count). The number of anilines is 1. The van der Waals surface area contributed by atoms with Crippen LogP contribution in [0.25, 0.3) is 10.7 Å². The number of aryl methyl sites for hydroxylation is 1. The van der Waals surface area contributed by atoms with Crippen LogP contribution in [0, 0.1) is 6.92 Å². The maximum absolute atomic E-state index is 12.1. The van der Waals surface area contributed by atoms with E-state index in [1.807, 2.05) is 36.4 Å². The Morgan fingerprint density at radius 1 is 1.42 bits per heavy atom. The highest BCUT2D eigenvalue weighted by atomic mass is 32.1. The number of hydrogen-bond acceptors (Lipinski definition) is 8. The Kier molecular flexibility index (Phi) is 4.72. The lowest BCUT2D eigenvalue weighted by atomic mass is 10.3. The molecular formula is C15H17N5O3S. The molecule has 0 aliphatic carbocycles. The first kappa shape index (κ1) is 16.3. The van der Waals surface area contributed by atoms with Gasteiger partial charge in [0.25, 0.3) is 0 Å². The lowest BCUT2D eigenvalue weighted by Crippen LogP contribution is -2.32. The van der Waals surface area contributed by atoms with E-state index in [2.05, 4.69) is 20.6 Å². The van der Waals surface area contributed by atoms with Crippen molar-refractivity contribution in [3.05, 3.63) is 35.2 Å². The topological polar surface area (TPSA) is 97.3 Å². The van der Waals surface area contributed by atoms with Crippen LogP contribution in [0.3, 0.4) is 0 Å². The van der Waals surface area contributed by atoms with Gasteiger partial charge in [-0.2, -0.15) is 4.98 Å². The van der Waals surface area contributed by atoms with Crippen LogP contribution in [0.4, 0.5) is 5.82 Å². The van der Waals surface area contributed by atoms with Crippen LogP contribution >= 0.6 is 11.3 Å². The molecular weight excluding hydrogens is 330 g/mol. The van der Waals surface area contributed by atoms with E-state index in [4.69, 9.17) is 9.05 Å². The molecule has 1 amide bonds. The summed E-state index contributed by atoms with van der Waals surface area (Å²) in [6, 6.07) is 5.32. The molecule has 0 radical (unpaired) electrons. The van der Waals surface area contributed by atoms with Crippen molar-refractivity contribution in [1.82, 2.24) is 20.2 Å². The van der Waals surface area contributed by atoms with Gasteiger partial charge >= 0.3 is 0 Å². The largest absolute Gasteiger partial charge is 0.360 e. The van der Waals surface area contributed by atoms with Crippen molar-refractivity contribution >= 4 is 23.1 Å². The van der Waals surface area contributed by atoms with Crippen molar-refractivity contribution in [2.75, 3.05) is 18.9 Å². The first-order valence-corrected chi connectivity index (χ1v) is 8.22. The summed E-state index contributed by atoms with van der Waals surface area (Å²) in [4.78, 5) is 19.2. The van der Waals surface area contributed by atoms with Gasteiger partial charge in [0, 0.05) is 6.07 Å². The molecule has 3 aromatic heterocycles. The fourth-order valence-electron chi connectivity index (χ4n) is 2.07. The highest BCUT2D eigenvalue weighted by Gasteiger charge is 2.21. The fraction of sp³-hybridized carbons (Fsp3) is 0.333. The van der Waals surface area contributed by atoms with E-state index in [-0.39, 0.29) is 18.5 Å². The summed E-state index contributed by atoms with van der Waals surface area (Å²) in [5, 5.41) is 12.4. The predicted molar refractivity (Wildman–Crippen MR) is 88.5 cm³/mol. The normalized spacial score (nSPS) is 12.5. The van der Waals surface area contributed by atoms with E-state index in [0.29, 0.717) is 23.3 Å². The van der Waals surface area contributed by atoms with Crippen molar-refractivity contribution < 1.29 is 13.8 Å². The van der Waals surface area contributed by atoms with Gasteiger partial charge in [-0.05, 0) is 32.3 Å². The molecule has 0 saturated carbocycles. The minimum atomic E-state index is -0.198. The molecule has 3 aromatic rings. The zero-order valence-corrected chi connectivity index (χ0v) is 14.3. The Labute approximate surface area is 142 Å². The molecule has 1 atom stereocenters. The lowest BCUT2D eigenvalue weighted by Gasteiger charge is -2.20. The number of nitrogens with one attached hydrogen (secondary N) is 1. The molecule has 24 heavy (non-hydrogen) atoms. The van der Waals surface area contributed by atoms with Crippen LogP contribution in [0.5, 0.6) is 0 Å². The standard InChI is InChI=1S/C15H17N5O3S/c1-9-7-12(18-22-9)16-13(21)8-20(3)10(2)15-17-14(19-23-15)11-5-4-6-24-11/h4-7,10H,8H2,1-3H3,(H,16,18,21)/t10-/m1/s1. The molecule has 0 fully saturated rings. The van der Waals surface area contributed by atoms with Gasteiger partial charge in [0.15, 0.2) is 5.82 Å². The number of thiophene rings is 1. The molecule has 1 N–H and O–H groups in total. The molecule has 0 spiro atoms. The number of hydrogen-bond donors (Lipinski definition) is 1. The molecule has 0 aromatic carbocycles. The van der Waals surface area contributed by atoms with Gasteiger partial charge < -0.3 is 14.4 Å². The van der Waals surface area contributed by atoms with Crippen molar-refractivity contribution in [3.8, 4) is 10.7 Å².